The molecule has 2 heterocycles. The molecule has 1 atom stereocenters. The number of nitrogens with zero attached hydrogens (tertiary/aromatic N) is 4. The maximum atomic E-state index is 13.4. The second-order valence-electron chi connectivity index (χ2n) is 8.51. The van der Waals surface area contributed by atoms with Gasteiger partial charge < -0.3 is 14.4 Å². The molecule has 1 unspecified atom stereocenters. The molecule has 4 rings (SSSR count). The van der Waals surface area contributed by atoms with Crippen molar-refractivity contribution in [2.45, 2.75) is 19.4 Å². The molecule has 0 bridgehead atoms. The fourth-order valence-corrected chi connectivity index (χ4v) is 4.41. The van der Waals surface area contributed by atoms with Crippen LogP contribution in [0.5, 0.6) is 11.5 Å². The van der Waals surface area contributed by atoms with Gasteiger partial charge in [-0.05, 0) is 37.2 Å². The highest BCUT2D eigenvalue weighted by Crippen LogP contribution is 2.37. The number of aryl methyl sites for hydroxylation is 1. The van der Waals surface area contributed by atoms with Gasteiger partial charge in [0, 0.05) is 44.2 Å². The lowest BCUT2D eigenvalue weighted by Crippen LogP contribution is -2.48. The van der Waals surface area contributed by atoms with Gasteiger partial charge in [-0.3, -0.25) is 9.69 Å². The Bertz CT molecular complexity index is 998. The molecule has 7 heteroatoms. The number of hydrogen-bond donors (Lipinski definition) is 0. The van der Waals surface area contributed by atoms with Crippen LogP contribution in [0.4, 0.5) is 0 Å². The van der Waals surface area contributed by atoms with Crippen molar-refractivity contribution < 1.29 is 14.3 Å². The first-order valence-corrected chi connectivity index (χ1v) is 11.1. The van der Waals surface area contributed by atoms with Crippen molar-refractivity contribution in [3.8, 4) is 11.5 Å². The van der Waals surface area contributed by atoms with Gasteiger partial charge in [0.2, 0.25) is 0 Å². The molecule has 1 fully saturated rings. The molecular formula is C25H32N4O3. The van der Waals surface area contributed by atoms with Crippen molar-refractivity contribution in [3.63, 3.8) is 0 Å². The molecule has 0 spiro atoms. The third-order valence-electron chi connectivity index (χ3n) is 6.39. The average molecular weight is 437 g/mol. The summed E-state index contributed by atoms with van der Waals surface area (Å²) in [5, 5.41) is 6.54. The molecule has 0 saturated carbocycles. The molecule has 2 aliphatic rings. The lowest BCUT2D eigenvalue weighted by Gasteiger charge is -2.33. The summed E-state index contributed by atoms with van der Waals surface area (Å²) in [6.45, 7) is 6.22. The predicted octanol–water partition coefficient (Wildman–Crippen LogP) is 2.94. The van der Waals surface area contributed by atoms with Crippen LogP contribution >= 0.6 is 0 Å². The van der Waals surface area contributed by atoms with Crippen LogP contribution in [0.2, 0.25) is 0 Å². The molecule has 2 aromatic rings. The second-order valence-corrected chi connectivity index (χ2v) is 8.51. The van der Waals surface area contributed by atoms with Gasteiger partial charge in [-0.15, -0.1) is 0 Å². The van der Waals surface area contributed by atoms with Crippen molar-refractivity contribution in [2.75, 3.05) is 54.0 Å². The molecule has 2 aliphatic heterocycles. The van der Waals surface area contributed by atoms with Gasteiger partial charge in [0.1, 0.15) is 11.5 Å². The molecule has 1 amide bonds. The number of hydrazone groups is 1. The van der Waals surface area contributed by atoms with Gasteiger partial charge in [-0.1, -0.05) is 24.3 Å². The van der Waals surface area contributed by atoms with E-state index in [4.69, 9.17) is 14.6 Å². The summed E-state index contributed by atoms with van der Waals surface area (Å²) in [6, 6.07) is 13.8. The molecule has 32 heavy (non-hydrogen) atoms. The Labute approximate surface area is 190 Å². The van der Waals surface area contributed by atoms with Crippen molar-refractivity contribution in [1.82, 2.24) is 14.8 Å². The van der Waals surface area contributed by atoms with Crippen LogP contribution in [0.15, 0.2) is 47.6 Å². The Hall–Kier alpha value is -2.90. The second kappa shape index (κ2) is 9.71. The summed E-state index contributed by atoms with van der Waals surface area (Å²) in [5.74, 6) is 1.45. The fourth-order valence-electron chi connectivity index (χ4n) is 4.41. The number of amides is 1. The minimum Gasteiger partial charge on any atom is -0.497 e. The molecule has 0 aromatic heterocycles. The Kier molecular flexibility index (Phi) is 6.77. The molecular weight excluding hydrogens is 404 g/mol. The van der Waals surface area contributed by atoms with E-state index >= 15 is 0 Å². The van der Waals surface area contributed by atoms with E-state index in [0.29, 0.717) is 18.7 Å². The first-order chi connectivity index (χ1) is 15.5. The number of methoxy groups -OCH3 is 2. The maximum Gasteiger partial charge on any atom is 0.257 e. The smallest absolute Gasteiger partial charge is 0.257 e. The number of hydrogen-bond acceptors (Lipinski definition) is 6. The van der Waals surface area contributed by atoms with Crippen molar-refractivity contribution >= 4 is 11.6 Å². The van der Waals surface area contributed by atoms with E-state index in [1.54, 1.807) is 19.2 Å². The SMILES string of the molecule is COc1ccc(C2=NN(C(=O)CN3CCN(C)CC3)C(c3ccccc3C)C2)c(OC)c1. The zero-order valence-corrected chi connectivity index (χ0v) is 19.4. The third kappa shape index (κ3) is 4.64. The number of piperazine rings is 1. The van der Waals surface area contributed by atoms with Crippen LogP contribution in [0.25, 0.3) is 0 Å². The van der Waals surface area contributed by atoms with E-state index in [1.807, 2.05) is 30.3 Å². The Morgan fingerprint density at radius 3 is 2.50 bits per heavy atom. The fraction of sp³-hybridized carbons (Fsp3) is 0.440. The summed E-state index contributed by atoms with van der Waals surface area (Å²) in [7, 11) is 5.39. The van der Waals surface area contributed by atoms with Gasteiger partial charge in [-0.2, -0.15) is 5.10 Å². The number of carbonyl (C=O) groups is 1. The molecule has 7 nitrogen and oxygen atoms in total. The van der Waals surface area contributed by atoms with Crippen molar-refractivity contribution in [1.29, 1.82) is 0 Å². The predicted molar refractivity (Wildman–Crippen MR) is 125 cm³/mol. The first-order valence-electron chi connectivity index (χ1n) is 11.1. The monoisotopic (exact) mass is 436 g/mol. The lowest BCUT2D eigenvalue weighted by molar-refractivity contribution is -0.134. The summed E-state index contributed by atoms with van der Waals surface area (Å²) in [4.78, 5) is 17.9. The van der Waals surface area contributed by atoms with E-state index in [0.717, 1.165) is 54.3 Å². The minimum atomic E-state index is -0.127. The topological polar surface area (TPSA) is 57.6 Å². The van der Waals surface area contributed by atoms with E-state index in [-0.39, 0.29) is 11.9 Å². The van der Waals surface area contributed by atoms with Crippen LogP contribution in [0, 0.1) is 6.92 Å². The van der Waals surface area contributed by atoms with Gasteiger partial charge >= 0.3 is 0 Å². The first kappa shape index (κ1) is 22.3. The standard InChI is InChI=1S/C25H32N4O3/c1-18-7-5-6-8-20(18)23-16-22(21-10-9-19(31-3)15-24(21)32-4)26-29(23)25(30)17-28-13-11-27(2)12-14-28/h5-10,15,23H,11-14,16-17H2,1-4H3. The molecule has 2 aromatic carbocycles. The van der Waals surface area contributed by atoms with E-state index in [9.17, 15) is 4.79 Å². The quantitative estimate of drug-likeness (QED) is 0.697. The van der Waals surface area contributed by atoms with E-state index in [2.05, 4.69) is 35.9 Å². The van der Waals surface area contributed by atoms with Crippen molar-refractivity contribution in [3.05, 3.63) is 59.2 Å². The molecule has 0 aliphatic carbocycles. The van der Waals surface area contributed by atoms with E-state index in [1.165, 1.54) is 0 Å². The van der Waals surface area contributed by atoms with Crippen LogP contribution < -0.4 is 9.47 Å². The largest absolute Gasteiger partial charge is 0.497 e. The van der Waals surface area contributed by atoms with E-state index < -0.39 is 0 Å². The van der Waals surface area contributed by atoms with Gasteiger partial charge in [0.15, 0.2) is 0 Å². The van der Waals surface area contributed by atoms with Crippen LogP contribution in [0.1, 0.15) is 29.2 Å². The molecule has 0 N–H and O–H groups in total. The highest BCUT2D eigenvalue weighted by Gasteiger charge is 2.35. The van der Waals surface area contributed by atoms with Crippen LogP contribution in [-0.4, -0.2) is 80.4 Å². The maximum absolute atomic E-state index is 13.4. The summed E-state index contributed by atoms with van der Waals surface area (Å²) in [5.41, 5.74) is 4.03. The average Bonchev–Trinajstić information content (AvgIpc) is 3.25. The van der Waals surface area contributed by atoms with Gasteiger partial charge in [0.05, 0.1) is 32.5 Å². The third-order valence-corrected chi connectivity index (χ3v) is 6.39. The lowest BCUT2D eigenvalue weighted by atomic mass is 9.95. The molecule has 0 radical (unpaired) electrons. The zero-order valence-electron chi connectivity index (χ0n) is 19.4. The molecule has 170 valence electrons. The number of likely N-dealkylation sites (N-methyl/N-ethyl adjacent to an activating group) is 1. The Morgan fingerprint density at radius 2 is 1.81 bits per heavy atom. The van der Waals surface area contributed by atoms with Gasteiger partial charge in [-0.25, -0.2) is 5.01 Å². The minimum absolute atomic E-state index is 0.0327. The number of rotatable bonds is 6. The highest BCUT2D eigenvalue weighted by atomic mass is 16.5. The number of carbonyl (C=O) groups excluding carboxylic acids is 1. The van der Waals surface area contributed by atoms with Crippen LogP contribution in [-0.2, 0) is 4.79 Å². The zero-order chi connectivity index (χ0) is 22.7. The Morgan fingerprint density at radius 1 is 1.06 bits per heavy atom. The number of ether oxygens (including phenoxy) is 2. The van der Waals surface area contributed by atoms with Crippen molar-refractivity contribution in [2.24, 2.45) is 5.10 Å². The summed E-state index contributed by atoms with van der Waals surface area (Å²) in [6.07, 6.45) is 0.641. The number of benzene rings is 2. The Balaban J connectivity index is 1.64. The summed E-state index contributed by atoms with van der Waals surface area (Å²) < 4.78 is 11.0. The van der Waals surface area contributed by atoms with Gasteiger partial charge in [0.25, 0.3) is 5.91 Å². The highest BCUT2D eigenvalue weighted by molar-refractivity contribution is 6.05. The molecule has 1 saturated heterocycles. The normalized spacial score (nSPS) is 19.7. The summed E-state index contributed by atoms with van der Waals surface area (Å²) >= 11 is 0. The van der Waals surface area contributed by atoms with Crippen LogP contribution in [0.3, 0.4) is 0 Å².